The highest BCUT2D eigenvalue weighted by molar-refractivity contribution is 8.01. The molecule has 0 radical (unpaired) electrons. The molecule has 0 atom stereocenters. The van der Waals surface area contributed by atoms with E-state index in [9.17, 15) is 4.79 Å². The van der Waals surface area contributed by atoms with E-state index < -0.39 is 0 Å². The summed E-state index contributed by atoms with van der Waals surface area (Å²) >= 11 is 8.65. The smallest absolute Gasteiger partial charge is 0.234 e. The molecule has 0 aliphatic heterocycles. The van der Waals surface area contributed by atoms with Gasteiger partial charge in [0.05, 0.1) is 5.75 Å². The monoisotopic (exact) mass is 328 g/mol. The number of rotatable bonds is 6. The normalized spacial score (nSPS) is 10.3. The molecule has 1 heterocycles. The molecule has 2 rings (SSSR count). The fourth-order valence-corrected chi connectivity index (χ4v) is 3.19. The lowest BCUT2D eigenvalue weighted by molar-refractivity contribution is -0.113. The Morgan fingerprint density at radius 3 is 3.05 bits per heavy atom. The first-order valence-corrected chi connectivity index (χ1v) is 8.11. The summed E-state index contributed by atoms with van der Waals surface area (Å²) in [7, 11) is 0. The van der Waals surface area contributed by atoms with Gasteiger partial charge in [0.2, 0.25) is 11.0 Å². The van der Waals surface area contributed by atoms with Gasteiger partial charge >= 0.3 is 0 Å². The number of halogens is 1. The van der Waals surface area contributed by atoms with Gasteiger partial charge in [0.25, 0.3) is 0 Å². The standard InChI is InChI=1S/C12H13ClN4OS2/c1-2-14-11-16-17-12(20-11)19-7-10(18)15-9-5-3-4-8(13)6-9/h3-6H,2,7H2,1H3,(H,14,16)(H,15,18). The second-order valence-electron chi connectivity index (χ2n) is 3.75. The summed E-state index contributed by atoms with van der Waals surface area (Å²) in [4.78, 5) is 11.8. The quantitative estimate of drug-likeness (QED) is 0.796. The lowest BCUT2D eigenvalue weighted by atomic mass is 10.3. The lowest BCUT2D eigenvalue weighted by Crippen LogP contribution is -2.13. The molecular formula is C12H13ClN4OS2. The second-order valence-corrected chi connectivity index (χ2v) is 6.39. The van der Waals surface area contributed by atoms with Gasteiger partial charge < -0.3 is 10.6 Å². The predicted octanol–water partition coefficient (Wildman–Crippen LogP) is 3.35. The number of hydrogen-bond donors (Lipinski definition) is 2. The number of carbonyl (C=O) groups excluding carboxylic acids is 1. The van der Waals surface area contributed by atoms with E-state index in [0.717, 1.165) is 16.0 Å². The van der Waals surface area contributed by atoms with Crippen LogP contribution in [0.15, 0.2) is 28.6 Å². The van der Waals surface area contributed by atoms with Crippen LogP contribution in [-0.2, 0) is 4.79 Å². The molecule has 0 saturated carbocycles. The number of carbonyl (C=O) groups is 1. The molecule has 0 bridgehead atoms. The zero-order valence-electron chi connectivity index (χ0n) is 10.7. The summed E-state index contributed by atoms with van der Waals surface area (Å²) in [5, 5.41) is 15.2. The molecule has 0 saturated heterocycles. The Bertz CT molecular complexity index is 590. The van der Waals surface area contributed by atoms with Crippen LogP contribution in [0, 0.1) is 0 Å². The largest absolute Gasteiger partial charge is 0.360 e. The van der Waals surface area contributed by atoms with E-state index in [-0.39, 0.29) is 11.7 Å². The Morgan fingerprint density at radius 2 is 2.30 bits per heavy atom. The SMILES string of the molecule is CCNc1nnc(SCC(=O)Nc2cccc(Cl)c2)s1. The van der Waals surface area contributed by atoms with Crippen molar-refractivity contribution in [1.82, 2.24) is 10.2 Å². The van der Waals surface area contributed by atoms with Crippen LogP contribution >= 0.6 is 34.7 Å². The van der Waals surface area contributed by atoms with Crippen LogP contribution in [0.3, 0.4) is 0 Å². The third kappa shape index (κ3) is 4.66. The maximum atomic E-state index is 11.8. The summed E-state index contributed by atoms with van der Waals surface area (Å²) in [5.74, 6) is 0.185. The van der Waals surface area contributed by atoms with Crippen molar-refractivity contribution in [2.75, 3.05) is 22.9 Å². The maximum absolute atomic E-state index is 11.8. The first-order valence-electron chi connectivity index (χ1n) is 5.93. The summed E-state index contributed by atoms with van der Waals surface area (Å²) in [5.41, 5.74) is 0.689. The van der Waals surface area contributed by atoms with Gasteiger partial charge in [-0.2, -0.15) is 0 Å². The highest BCUT2D eigenvalue weighted by atomic mass is 35.5. The van der Waals surface area contributed by atoms with Crippen molar-refractivity contribution in [3.8, 4) is 0 Å². The van der Waals surface area contributed by atoms with Crippen molar-refractivity contribution >= 4 is 51.4 Å². The Kier molecular flexibility index (Phi) is 5.63. The summed E-state index contributed by atoms with van der Waals surface area (Å²) in [6.07, 6.45) is 0. The minimum absolute atomic E-state index is 0.0996. The molecular weight excluding hydrogens is 316 g/mol. The van der Waals surface area contributed by atoms with Gasteiger partial charge in [-0.25, -0.2) is 0 Å². The third-order valence-electron chi connectivity index (χ3n) is 2.17. The van der Waals surface area contributed by atoms with Crippen molar-refractivity contribution in [2.45, 2.75) is 11.3 Å². The van der Waals surface area contributed by atoms with Crippen LogP contribution in [0.2, 0.25) is 5.02 Å². The first kappa shape index (κ1) is 15.1. The minimum atomic E-state index is -0.0996. The van der Waals surface area contributed by atoms with Crippen molar-refractivity contribution < 1.29 is 4.79 Å². The predicted molar refractivity (Wildman–Crippen MR) is 84.9 cm³/mol. The summed E-state index contributed by atoms with van der Waals surface area (Å²) in [6.45, 7) is 2.79. The van der Waals surface area contributed by atoms with Crippen molar-refractivity contribution in [1.29, 1.82) is 0 Å². The van der Waals surface area contributed by atoms with Crippen LogP contribution in [0.4, 0.5) is 10.8 Å². The number of amides is 1. The molecule has 20 heavy (non-hydrogen) atoms. The number of hydrogen-bond acceptors (Lipinski definition) is 6. The zero-order chi connectivity index (χ0) is 14.4. The maximum Gasteiger partial charge on any atom is 0.234 e. The van der Waals surface area contributed by atoms with E-state index in [0.29, 0.717) is 10.7 Å². The topological polar surface area (TPSA) is 66.9 Å². The number of aromatic nitrogens is 2. The molecule has 0 fully saturated rings. The van der Waals surface area contributed by atoms with Crippen LogP contribution in [0.25, 0.3) is 0 Å². The second kappa shape index (κ2) is 7.47. The van der Waals surface area contributed by atoms with Crippen LogP contribution < -0.4 is 10.6 Å². The number of benzene rings is 1. The highest BCUT2D eigenvalue weighted by Gasteiger charge is 2.08. The molecule has 106 valence electrons. The molecule has 0 unspecified atom stereocenters. The van der Waals surface area contributed by atoms with Crippen LogP contribution in [0.1, 0.15) is 6.92 Å². The van der Waals surface area contributed by atoms with Gasteiger partial charge in [-0.15, -0.1) is 10.2 Å². The summed E-state index contributed by atoms with van der Waals surface area (Å²) < 4.78 is 0.766. The fraction of sp³-hybridized carbons (Fsp3) is 0.250. The summed E-state index contributed by atoms with van der Waals surface area (Å²) in [6, 6.07) is 7.05. The van der Waals surface area contributed by atoms with Crippen LogP contribution in [-0.4, -0.2) is 28.4 Å². The van der Waals surface area contributed by atoms with Crippen molar-refractivity contribution in [3.63, 3.8) is 0 Å². The van der Waals surface area contributed by atoms with Gasteiger partial charge in [0.1, 0.15) is 0 Å². The molecule has 0 spiro atoms. The number of nitrogens with one attached hydrogen (secondary N) is 2. The average molecular weight is 329 g/mol. The van der Waals surface area contributed by atoms with E-state index in [1.807, 2.05) is 6.92 Å². The molecule has 2 aromatic rings. The molecule has 5 nitrogen and oxygen atoms in total. The van der Waals surface area contributed by atoms with Crippen molar-refractivity contribution in [2.24, 2.45) is 0 Å². The Morgan fingerprint density at radius 1 is 1.45 bits per heavy atom. The van der Waals surface area contributed by atoms with E-state index in [4.69, 9.17) is 11.6 Å². The fourth-order valence-electron chi connectivity index (χ4n) is 1.38. The van der Waals surface area contributed by atoms with Gasteiger partial charge in [0.15, 0.2) is 4.34 Å². The minimum Gasteiger partial charge on any atom is -0.360 e. The van der Waals surface area contributed by atoms with Crippen molar-refractivity contribution in [3.05, 3.63) is 29.3 Å². The number of nitrogens with zero attached hydrogens (tertiary/aromatic N) is 2. The molecule has 0 aliphatic carbocycles. The molecule has 1 amide bonds. The molecule has 0 aliphatic rings. The third-order valence-corrected chi connectivity index (χ3v) is 4.42. The molecule has 8 heteroatoms. The molecule has 2 N–H and O–H groups in total. The first-order chi connectivity index (χ1) is 9.67. The van der Waals surface area contributed by atoms with E-state index in [1.54, 1.807) is 24.3 Å². The Balaban J connectivity index is 1.82. The Labute approximate surface area is 130 Å². The van der Waals surface area contributed by atoms with Gasteiger partial charge in [-0.05, 0) is 25.1 Å². The Hall–Kier alpha value is -1.31. The molecule has 1 aromatic carbocycles. The van der Waals surface area contributed by atoms with Gasteiger partial charge in [-0.3, -0.25) is 4.79 Å². The van der Waals surface area contributed by atoms with E-state index >= 15 is 0 Å². The average Bonchev–Trinajstić information content (AvgIpc) is 2.85. The van der Waals surface area contributed by atoms with E-state index in [2.05, 4.69) is 20.8 Å². The molecule has 1 aromatic heterocycles. The van der Waals surface area contributed by atoms with Gasteiger partial charge in [-0.1, -0.05) is 40.8 Å². The van der Waals surface area contributed by atoms with Crippen LogP contribution in [0.5, 0.6) is 0 Å². The zero-order valence-corrected chi connectivity index (χ0v) is 13.1. The van der Waals surface area contributed by atoms with E-state index in [1.165, 1.54) is 23.1 Å². The highest BCUT2D eigenvalue weighted by Crippen LogP contribution is 2.25. The number of thioether (sulfide) groups is 1. The lowest BCUT2D eigenvalue weighted by Gasteiger charge is -2.04. The van der Waals surface area contributed by atoms with Gasteiger partial charge in [0, 0.05) is 17.3 Å². The number of anilines is 2.